The van der Waals surface area contributed by atoms with E-state index >= 15 is 0 Å². The van der Waals surface area contributed by atoms with Crippen molar-refractivity contribution in [2.75, 3.05) is 11.5 Å². The van der Waals surface area contributed by atoms with E-state index in [2.05, 4.69) is 74.5 Å². The van der Waals surface area contributed by atoms with Gasteiger partial charge in [-0.05, 0) is 133 Å². The van der Waals surface area contributed by atoms with Crippen molar-refractivity contribution in [1.82, 2.24) is 0 Å². The summed E-state index contributed by atoms with van der Waals surface area (Å²) < 4.78 is 0. The number of unbranched alkanes of at least 4 members (excludes halogenated alkanes) is 21. The van der Waals surface area contributed by atoms with Crippen LogP contribution in [0.1, 0.15) is 212 Å². The molecule has 0 spiro atoms. The molecule has 4 aromatic rings. The molecule has 4 N–H and O–H groups in total. The van der Waals surface area contributed by atoms with Gasteiger partial charge in [-0.25, -0.2) is 0 Å². The molecule has 0 saturated heterocycles. The van der Waals surface area contributed by atoms with Crippen molar-refractivity contribution in [3.8, 4) is 0 Å². The van der Waals surface area contributed by atoms with Crippen LogP contribution in [0, 0.1) is 0 Å². The number of nitrogen functional groups attached to an aromatic ring is 2. The van der Waals surface area contributed by atoms with Gasteiger partial charge in [0.15, 0.2) is 0 Å². The smallest absolute Gasteiger partial charge is 0.0314 e. The van der Waals surface area contributed by atoms with Gasteiger partial charge in [-0.1, -0.05) is 203 Å². The van der Waals surface area contributed by atoms with Crippen molar-refractivity contribution in [1.29, 1.82) is 0 Å². The van der Waals surface area contributed by atoms with E-state index in [0.717, 1.165) is 24.2 Å². The summed E-state index contributed by atoms with van der Waals surface area (Å²) in [5, 5.41) is 0. The van der Waals surface area contributed by atoms with Crippen LogP contribution in [-0.2, 0) is 38.5 Å². The molecule has 0 saturated carbocycles. The van der Waals surface area contributed by atoms with Gasteiger partial charge in [0.1, 0.15) is 0 Å². The van der Waals surface area contributed by atoms with Crippen LogP contribution in [0.5, 0.6) is 0 Å². The SMILES string of the molecule is CCCCCCCCc1cc(CCCCCCCCCCCCCCc2ccc(Cc3ccc(N)cc3)c(CCCCCCCC)c2)ccc1Cc1ccc(N)cc1. The molecule has 0 atom stereocenters. The Bertz CT molecular complexity index is 1490. The van der Waals surface area contributed by atoms with Gasteiger partial charge in [0.25, 0.3) is 0 Å². The molecule has 2 heteroatoms. The van der Waals surface area contributed by atoms with Crippen molar-refractivity contribution in [2.45, 2.75) is 206 Å². The number of rotatable bonds is 33. The number of hydrogen-bond donors (Lipinski definition) is 2. The van der Waals surface area contributed by atoms with Crippen molar-refractivity contribution in [2.24, 2.45) is 0 Å². The Morgan fingerprint density at radius 2 is 0.552 bits per heavy atom. The molecule has 0 aromatic heterocycles. The highest BCUT2D eigenvalue weighted by molar-refractivity contribution is 5.43. The lowest BCUT2D eigenvalue weighted by atomic mass is 9.92. The van der Waals surface area contributed by atoms with Crippen LogP contribution >= 0.6 is 0 Å². The first-order chi connectivity index (χ1) is 28.5. The number of nitrogens with two attached hydrogens (primary N) is 2. The Kier molecular flexibility index (Phi) is 24.1. The molecule has 0 heterocycles. The molecule has 58 heavy (non-hydrogen) atoms. The third-order valence-electron chi connectivity index (χ3n) is 12.6. The first-order valence-corrected chi connectivity index (χ1v) is 24.4. The van der Waals surface area contributed by atoms with Crippen molar-refractivity contribution in [3.63, 3.8) is 0 Å². The van der Waals surface area contributed by atoms with E-state index in [1.165, 1.54) is 202 Å². The average molecular weight is 785 g/mol. The van der Waals surface area contributed by atoms with Crippen LogP contribution in [0.25, 0.3) is 0 Å². The Morgan fingerprint density at radius 3 is 0.879 bits per heavy atom. The molecule has 0 fully saturated rings. The minimum absolute atomic E-state index is 0.848. The molecule has 0 aliphatic carbocycles. The quantitative estimate of drug-likeness (QED) is 0.0373. The molecule has 0 unspecified atom stereocenters. The highest BCUT2D eigenvalue weighted by Crippen LogP contribution is 2.24. The minimum Gasteiger partial charge on any atom is -0.399 e. The predicted molar refractivity (Wildman–Crippen MR) is 257 cm³/mol. The van der Waals surface area contributed by atoms with Crippen LogP contribution in [-0.4, -0.2) is 0 Å². The van der Waals surface area contributed by atoms with E-state index in [4.69, 9.17) is 11.5 Å². The fraction of sp³-hybridized carbons (Fsp3) is 0.571. The van der Waals surface area contributed by atoms with Gasteiger partial charge in [0.2, 0.25) is 0 Å². The average Bonchev–Trinajstić information content (AvgIpc) is 3.23. The zero-order chi connectivity index (χ0) is 40.9. The Hall–Kier alpha value is -3.52. The molecule has 0 aliphatic rings. The Labute approximate surface area is 357 Å². The van der Waals surface area contributed by atoms with Crippen LogP contribution in [0.4, 0.5) is 11.4 Å². The van der Waals surface area contributed by atoms with Crippen LogP contribution in [0.3, 0.4) is 0 Å². The second-order valence-corrected chi connectivity index (χ2v) is 17.8. The van der Waals surface area contributed by atoms with Crippen molar-refractivity contribution < 1.29 is 0 Å². The van der Waals surface area contributed by atoms with Crippen molar-refractivity contribution >= 4 is 11.4 Å². The first-order valence-electron chi connectivity index (χ1n) is 24.4. The second-order valence-electron chi connectivity index (χ2n) is 17.8. The van der Waals surface area contributed by atoms with Gasteiger partial charge in [0, 0.05) is 11.4 Å². The summed E-state index contributed by atoms with van der Waals surface area (Å²) in [4.78, 5) is 0. The summed E-state index contributed by atoms with van der Waals surface area (Å²) in [5.74, 6) is 0. The summed E-state index contributed by atoms with van der Waals surface area (Å²) >= 11 is 0. The Morgan fingerprint density at radius 1 is 0.276 bits per heavy atom. The van der Waals surface area contributed by atoms with Gasteiger partial charge in [-0.3, -0.25) is 0 Å². The summed E-state index contributed by atoms with van der Waals surface area (Å²) in [7, 11) is 0. The second kappa shape index (κ2) is 29.7. The standard InChI is InChI=1S/C56H84N2/c1-3-5-7-9-21-25-29-51-43-47(31-37-53(51)45-49-33-39-55(57)40-34-49)27-23-19-17-15-13-11-12-14-16-18-20-24-28-48-32-38-54(46-50-35-41-56(58)42-36-50)52(44-48)30-26-22-10-8-6-4-2/h31-44H,3-30,45-46,57-58H2,1-2H3. The van der Waals surface area contributed by atoms with Gasteiger partial charge in [-0.2, -0.15) is 0 Å². The van der Waals surface area contributed by atoms with E-state index in [9.17, 15) is 0 Å². The van der Waals surface area contributed by atoms with Gasteiger partial charge < -0.3 is 11.5 Å². The van der Waals surface area contributed by atoms with E-state index in [0.29, 0.717) is 0 Å². The summed E-state index contributed by atoms with van der Waals surface area (Å²) in [6.45, 7) is 4.60. The monoisotopic (exact) mass is 785 g/mol. The largest absolute Gasteiger partial charge is 0.399 e. The topological polar surface area (TPSA) is 52.0 Å². The number of anilines is 2. The lowest BCUT2D eigenvalue weighted by Crippen LogP contribution is -1.99. The maximum absolute atomic E-state index is 5.96. The zero-order valence-electron chi connectivity index (χ0n) is 37.5. The lowest BCUT2D eigenvalue weighted by molar-refractivity contribution is 0.540. The van der Waals surface area contributed by atoms with Crippen LogP contribution in [0.2, 0.25) is 0 Å². The molecule has 318 valence electrons. The first kappa shape index (κ1) is 47.2. The fourth-order valence-electron chi connectivity index (χ4n) is 8.81. The zero-order valence-corrected chi connectivity index (χ0v) is 37.5. The normalized spacial score (nSPS) is 11.4. The molecular weight excluding hydrogens is 701 g/mol. The molecular formula is C56H84N2. The Balaban J connectivity index is 1.06. The lowest BCUT2D eigenvalue weighted by Gasteiger charge is -2.13. The predicted octanol–water partition coefficient (Wildman–Crippen LogP) is 16.3. The molecule has 0 amide bonds. The third kappa shape index (κ3) is 20.0. The highest BCUT2D eigenvalue weighted by atomic mass is 14.5. The van der Waals surface area contributed by atoms with Crippen molar-refractivity contribution in [3.05, 3.63) is 129 Å². The number of aryl methyl sites for hydroxylation is 4. The number of benzene rings is 4. The van der Waals surface area contributed by atoms with E-state index in [1.807, 2.05) is 24.3 Å². The molecule has 0 bridgehead atoms. The van der Waals surface area contributed by atoms with Gasteiger partial charge in [-0.15, -0.1) is 0 Å². The highest BCUT2D eigenvalue weighted by Gasteiger charge is 2.09. The summed E-state index contributed by atoms with van der Waals surface area (Å²) in [6.07, 6.45) is 39.8. The van der Waals surface area contributed by atoms with Crippen LogP contribution < -0.4 is 11.5 Å². The maximum Gasteiger partial charge on any atom is 0.0314 e. The van der Waals surface area contributed by atoms with E-state index < -0.39 is 0 Å². The third-order valence-corrected chi connectivity index (χ3v) is 12.6. The molecule has 2 nitrogen and oxygen atoms in total. The van der Waals surface area contributed by atoms with E-state index in [-0.39, 0.29) is 0 Å². The van der Waals surface area contributed by atoms with Gasteiger partial charge >= 0.3 is 0 Å². The van der Waals surface area contributed by atoms with Gasteiger partial charge in [0.05, 0.1) is 0 Å². The molecule has 0 radical (unpaired) electrons. The summed E-state index contributed by atoms with van der Waals surface area (Å²) in [6, 6.07) is 31.7. The molecule has 4 rings (SSSR count). The maximum atomic E-state index is 5.96. The summed E-state index contributed by atoms with van der Waals surface area (Å²) in [5.41, 5.74) is 25.6. The number of hydrogen-bond acceptors (Lipinski definition) is 2. The van der Waals surface area contributed by atoms with E-state index in [1.54, 1.807) is 22.3 Å². The fourth-order valence-corrected chi connectivity index (χ4v) is 8.81. The minimum atomic E-state index is 0.848. The molecule has 0 aliphatic heterocycles. The van der Waals surface area contributed by atoms with Crippen LogP contribution in [0.15, 0.2) is 84.9 Å². The molecule has 4 aromatic carbocycles.